The molecule has 2 heterocycles. The first kappa shape index (κ1) is 32.0. The fraction of sp³-hybridized carbons (Fsp3) is 0.531. The molecule has 0 spiro atoms. The first-order valence-corrected chi connectivity index (χ1v) is 15.0. The summed E-state index contributed by atoms with van der Waals surface area (Å²) in [6, 6.07) is 16.9. The van der Waals surface area contributed by atoms with Crippen LogP contribution in [0, 0.1) is 0 Å². The Balaban J connectivity index is 0.00000127. The molecule has 2 aromatic carbocycles. The van der Waals surface area contributed by atoms with Crippen molar-refractivity contribution in [3.63, 3.8) is 0 Å². The van der Waals surface area contributed by atoms with E-state index in [1.54, 1.807) is 6.21 Å². The zero-order valence-corrected chi connectivity index (χ0v) is 25.1. The van der Waals surface area contributed by atoms with Crippen molar-refractivity contribution in [3.8, 4) is 6.01 Å². The molecule has 1 aliphatic rings. The summed E-state index contributed by atoms with van der Waals surface area (Å²) in [7, 11) is 0. The molecule has 1 fully saturated rings. The number of hydrazone groups is 1. The lowest BCUT2D eigenvalue weighted by atomic mass is 10.1. The number of nitrogens with one attached hydrogen (secondary N) is 1. The maximum absolute atomic E-state index is 6.04. The van der Waals surface area contributed by atoms with E-state index >= 15 is 0 Å². The Labute approximate surface area is 236 Å². The van der Waals surface area contributed by atoms with Crippen molar-refractivity contribution < 1.29 is 4.74 Å². The number of fused-ring (bicyclic) bond motifs is 1. The third kappa shape index (κ3) is 10.8. The normalized spacial score (nSPS) is 13.3. The summed E-state index contributed by atoms with van der Waals surface area (Å²) >= 11 is 0. The van der Waals surface area contributed by atoms with Gasteiger partial charge in [0.2, 0.25) is 0 Å². The highest BCUT2D eigenvalue weighted by Crippen LogP contribution is 2.20. The van der Waals surface area contributed by atoms with Gasteiger partial charge in [0.1, 0.15) is 12.4 Å². The van der Waals surface area contributed by atoms with E-state index in [9.17, 15) is 0 Å². The van der Waals surface area contributed by atoms with E-state index in [1.165, 1.54) is 30.0 Å². The maximum atomic E-state index is 6.04. The van der Waals surface area contributed by atoms with Crippen molar-refractivity contribution in [1.29, 1.82) is 0 Å². The predicted octanol–water partition coefficient (Wildman–Crippen LogP) is 7.62. The van der Waals surface area contributed by atoms with Gasteiger partial charge in [-0.25, -0.2) is 0 Å². The van der Waals surface area contributed by atoms with Crippen LogP contribution in [0.3, 0.4) is 0 Å². The molecule has 0 amide bonds. The number of anilines is 2. The summed E-state index contributed by atoms with van der Waals surface area (Å²) in [6.07, 6.45) is 7.75. The Hall–Kier alpha value is -3.19. The Morgan fingerprint density at radius 2 is 1.59 bits per heavy atom. The van der Waals surface area contributed by atoms with Crippen LogP contribution in [0.2, 0.25) is 0 Å². The molecular weight excluding hydrogens is 484 g/mol. The van der Waals surface area contributed by atoms with Crippen molar-refractivity contribution in [2.24, 2.45) is 5.10 Å². The van der Waals surface area contributed by atoms with E-state index in [1.807, 2.05) is 52.0 Å². The highest BCUT2D eigenvalue weighted by atomic mass is 16.5. The SMILES string of the molecule is CC.CC.CCCN(CCC)c1cc(/C=N/Nc2ccc3ccccc3c2)nc(OCCN2CCCCC2)n1. The zero-order chi connectivity index (χ0) is 28.3. The van der Waals surface area contributed by atoms with Crippen LogP contribution in [-0.4, -0.2) is 60.4 Å². The van der Waals surface area contributed by atoms with Gasteiger partial charge in [0, 0.05) is 25.7 Å². The molecule has 0 aliphatic carbocycles. The molecule has 1 N–H and O–H groups in total. The van der Waals surface area contributed by atoms with E-state index in [-0.39, 0.29) is 0 Å². The third-order valence-corrected chi connectivity index (χ3v) is 6.25. The fourth-order valence-electron chi connectivity index (χ4n) is 4.48. The summed E-state index contributed by atoms with van der Waals surface area (Å²) < 4.78 is 6.04. The molecule has 7 nitrogen and oxygen atoms in total. The topological polar surface area (TPSA) is 65.9 Å². The quantitative estimate of drug-likeness (QED) is 0.190. The Bertz CT molecular complexity index is 1090. The molecule has 0 bridgehead atoms. The Morgan fingerprint density at radius 3 is 2.28 bits per heavy atom. The molecule has 7 heteroatoms. The van der Waals surface area contributed by atoms with Gasteiger partial charge in [0.15, 0.2) is 0 Å². The largest absolute Gasteiger partial charge is 0.462 e. The summed E-state index contributed by atoms with van der Waals surface area (Å²) in [6.45, 7) is 18.1. The number of aromatic nitrogens is 2. The number of nitrogens with zero attached hydrogens (tertiary/aromatic N) is 5. The second-order valence-corrected chi connectivity index (χ2v) is 9.10. The van der Waals surface area contributed by atoms with Gasteiger partial charge in [-0.3, -0.25) is 10.3 Å². The molecule has 4 rings (SSSR count). The monoisotopic (exact) mass is 534 g/mol. The molecule has 214 valence electrons. The number of likely N-dealkylation sites (tertiary alicyclic amines) is 1. The van der Waals surface area contributed by atoms with Crippen LogP contribution in [0.25, 0.3) is 10.8 Å². The van der Waals surface area contributed by atoms with Crippen LogP contribution in [0.4, 0.5) is 11.5 Å². The van der Waals surface area contributed by atoms with Crippen LogP contribution < -0.4 is 15.1 Å². The predicted molar refractivity (Wildman–Crippen MR) is 168 cm³/mol. The second kappa shape index (κ2) is 19.0. The fourth-order valence-corrected chi connectivity index (χ4v) is 4.48. The van der Waals surface area contributed by atoms with Crippen LogP contribution in [0.15, 0.2) is 53.6 Å². The number of benzene rings is 2. The smallest absolute Gasteiger partial charge is 0.319 e. The summed E-state index contributed by atoms with van der Waals surface area (Å²) in [5.41, 5.74) is 4.80. The van der Waals surface area contributed by atoms with Gasteiger partial charge >= 0.3 is 6.01 Å². The number of hydrogen-bond acceptors (Lipinski definition) is 7. The summed E-state index contributed by atoms with van der Waals surface area (Å²) in [4.78, 5) is 14.1. The molecule has 39 heavy (non-hydrogen) atoms. The van der Waals surface area contributed by atoms with Crippen LogP contribution in [0.1, 0.15) is 79.3 Å². The highest BCUT2D eigenvalue weighted by molar-refractivity contribution is 5.86. The molecule has 1 aliphatic heterocycles. The van der Waals surface area contributed by atoms with Crippen LogP contribution in [-0.2, 0) is 0 Å². The van der Waals surface area contributed by atoms with Gasteiger partial charge < -0.3 is 9.64 Å². The lowest BCUT2D eigenvalue weighted by molar-refractivity contribution is 0.177. The molecule has 3 aromatic rings. The van der Waals surface area contributed by atoms with E-state index < -0.39 is 0 Å². The highest BCUT2D eigenvalue weighted by Gasteiger charge is 2.13. The minimum atomic E-state index is 0.420. The van der Waals surface area contributed by atoms with Crippen molar-refractivity contribution in [2.45, 2.75) is 73.6 Å². The van der Waals surface area contributed by atoms with Crippen molar-refractivity contribution in [2.75, 3.05) is 49.7 Å². The van der Waals surface area contributed by atoms with Crippen molar-refractivity contribution in [1.82, 2.24) is 14.9 Å². The van der Waals surface area contributed by atoms with Gasteiger partial charge in [-0.1, -0.05) is 78.3 Å². The summed E-state index contributed by atoms with van der Waals surface area (Å²) in [5, 5.41) is 6.84. The Kier molecular flexibility index (Phi) is 15.6. The maximum Gasteiger partial charge on any atom is 0.319 e. The standard InChI is InChI=1S/C28H38N6O.2C2H6/c1-3-14-34(15-4-2)27-21-26(30-28(31-27)35-19-18-33-16-8-5-9-17-33)22-29-32-25-13-12-23-10-6-7-11-24(23)20-25;2*1-2/h6-7,10-13,20-22,32H,3-5,8-9,14-19H2,1-2H3;2*1-2H3/b29-22+;;. The zero-order valence-electron chi connectivity index (χ0n) is 25.1. The number of piperidine rings is 1. The Morgan fingerprint density at radius 1 is 0.897 bits per heavy atom. The minimum Gasteiger partial charge on any atom is -0.462 e. The molecule has 1 aromatic heterocycles. The number of rotatable bonds is 12. The van der Waals surface area contributed by atoms with Gasteiger partial charge in [0.05, 0.1) is 17.6 Å². The third-order valence-electron chi connectivity index (χ3n) is 6.25. The molecule has 0 saturated carbocycles. The van der Waals surface area contributed by atoms with Crippen molar-refractivity contribution >= 4 is 28.5 Å². The van der Waals surface area contributed by atoms with Gasteiger partial charge in [-0.15, -0.1) is 0 Å². The van der Waals surface area contributed by atoms with E-state index in [0.717, 1.165) is 62.8 Å². The average molecular weight is 535 g/mol. The van der Waals surface area contributed by atoms with Crippen LogP contribution in [0.5, 0.6) is 6.01 Å². The minimum absolute atomic E-state index is 0.420. The van der Waals surface area contributed by atoms with E-state index in [0.29, 0.717) is 12.6 Å². The van der Waals surface area contributed by atoms with Crippen LogP contribution >= 0.6 is 0 Å². The molecule has 1 saturated heterocycles. The number of hydrogen-bond donors (Lipinski definition) is 1. The second-order valence-electron chi connectivity index (χ2n) is 9.10. The average Bonchev–Trinajstić information content (AvgIpc) is 2.99. The summed E-state index contributed by atoms with van der Waals surface area (Å²) in [5.74, 6) is 0.892. The first-order valence-electron chi connectivity index (χ1n) is 15.0. The van der Waals surface area contributed by atoms with Crippen molar-refractivity contribution in [3.05, 3.63) is 54.2 Å². The van der Waals surface area contributed by atoms with Gasteiger partial charge in [0.25, 0.3) is 0 Å². The van der Waals surface area contributed by atoms with E-state index in [2.05, 4.69) is 63.4 Å². The molecule has 0 radical (unpaired) electrons. The number of ether oxygens (including phenoxy) is 1. The first-order chi connectivity index (χ1) is 19.2. The lowest BCUT2D eigenvalue weighted by Gasteiger charge is -2.26. The molecule has 0 unspecified atom stereocenters. The van der Waals surface area contributed by atoms with Gasteiger partial charge in [-0.2, -0.15) is 15.1 Å². The molecule has 0 atom stereocenters. The van der Waals surface area contributed by atoms with Gasteiger partial charge in [-0.05, 0) is 61.7 Å². The molecular formula is C32H50N6O. The lowest BCUT2D eigenvalue weighted by Crippen LogP contribution is -2.33. The van der Waals surface area contributed by atoms with E-state index in [4.69, 9.17) is 9.72 Å².